The number of rotatable bonds is 4. The predicted octanol–water partition coefficient (Wildman–Crippen LogP) is 3.35. The highest BCUT2D eigenvalue weighted by Crippen LogP contribution is 2.33. The minimum absolute atomic E-state index is 0.0350. The molecule has 2 aliphatic rings. The van der Waals surface area contributed by atoms with Crippen LogP contribution in [0.25, 0.3) is 0 Å². The summed E-state index contributed by atoms with van der Waals surface area (Å²) in [6.45, 7) is 0.985. The summed E-state index contributed by atoms with van der Waals surface area (Å²) in [7, 11) is 0. The van der Waals surface area contributed by atoms with Crippen LogP contribution in [0, 0.1) is 11.8 Å². The molecule has 0 aromatic heterocycles. The Kier molecular flexibility index (Phi) is 4.68. The van der Waals surface area contributed by atoms with Crippen molar-refractivity contribution in [1.82, 2.24) is 5.32 Å². The molecule has 1 saturated carbocycles. The molecule has 5 heteroatoms. The first-order valence-electron chi connectivity index (χ1n) is 7.51. The van der Waals surface area contributed by atoms with Gasteiger partial charge in [-0.25, -0.2) is 0 Å². The van der Waals surface area contributed by atoms with Gasteiger partial charge in [0.2, 0.25) is 6.79 Å². The molecule has 0 bridgehead atoms. The Hall–Kier alpha value is -1.23. The number of amides is 1. The maximum Gasteiger partial charge on any atom is 0.251 e. The van der Waals surface area contributed by atoms with Gasteiger partial charge in [0, 0.05) is 17.4 Å². The zero-order valence-corrected chi connectivity index (χ0v) is 13.5. The van der Waals surface area contributed by atoms with Crippen molar-refractivity contribution >= 4 is 21.8 Å². The fraction of sp³-hybridized carbons (Fsp3) is 0.562. The number of halogens is 1. The largest absolute Gasteiger partial charge is 0.454 e. The predicted molar refractivity (Wildman–Crippen MR) is 84.1 cm³/mol. The number of ether oxygens (including phenoxy) is 2. The van der Waals surface area contributed by atoms with E-state index in [0.29, 0.717) is 28.9 Å². The molecule has 114 valence electrons. The summed E-state index contributed by atoms with van der Waals surface area (Å²) in [6, 6.07) is 5.32. The fourth-order valence-corrected chi connectivity index (χ4v) is 3.97. The van der Waals surface area contributed by atoms with Crippen LogP contribution in [-0.4, -0.2) is 24.6 Å². The van der Waals surface area contributed by atoms with E-state index in [9.17, 15) is 4.79 Å². The van der Waals surface area contributed by atoms with Gasteiger partial charge in [-0.15, -0.1) is 0 Å². The third-order valence-electron chi connectivity index (χ3n) is 4.42. The number of carbonyl (C=O) groups is 1. The zero-order chi connectivity index (χ0) is 14.7. The van der Waals surface area contributed by atoms with Crippen molar-refractivity contribution in [2.75, 3.05) is 18.7 Å². The monoisotopic (exact) mass is 353 g/mol. The molecule has 0 saturated heterocycles. The number of fused-ring (bicyclic) bond motifs is 1. The molecule has 1 heterocycles. The molecular formula is C16H20BrNO3. The van der Waals surface area contributed by atoms with Gasteiger partial charge in [0.15, 0.2) is 11.5 Å². The topological polar surface area (TPSA) is 47.6 Å². The summed E-state index contributed by atoms with van der Waals surface area (Å²) >= 11 is 3.59. The van der Waals surface area contributed by atoms with E-state index < -0.39 is 0 Å². The van der Waals surface area contributed by atoms with Crippen LogP contribution < -0.4 is 14.8 Å². The molecule has 4 nitrogen and oxygen atoms in total. The second-order valence-electron chi connectivity index (χ2n) is 5.74. The van der Waals surface area contributed by atoms with Crippen molar-refractivity contribution < 1.29 is 14.3 Å². The van der Waals surface area contributed by atoms with E-state index in [1.54, 1.807) is 18.2 Å². The van der Waals surface area contributed by atoms with E-state index in [0.717, 1.165) is 11.9 Å². The summed E-state index contributed by atoms with van der Waals surface area (Å²) in [5.41, 5.74) is 0.630. The van der Waals surface area contributed by atoms with Crippen LogP contribution in [0.4, 0.5) is 0 Å². The maximum atomic E-state index is 12.3. The second kappa shape index (κ2) is 6.69. The van der Waals surface area contributed by atoms with E-state index in [1.807, 2.05) is 0 Å². The van der Waals surface area contributed by atoms with Crippen LogP contribution in [0.5, 0.6) is 11.5 Å². The Morgan fingerprint density at radius 1 is 1.19 bits per heavy atom. The lowest BCUT2D eigenvalue weighted by atomic mass is 9.80. The Morgan fingerprint density at radius 2 is 1.95 bits per heavy atom. The van der Waals surface area contributed by atoms with Gasteiger partial charge in [0.25, 0.3) is 5.91 Å². The van der Waals surface area contributed by atoms with Crippen LogP contribution in [0.15, 0.2) is 18.2 Å². The Balaban J connectivity index is 1.58. The van der Waals surface area contributed by atoms with Gasteiger partial charge >= 0.3 is 0 Å². The first kappa shape index (κ1) is 14.7. The van der Waals surface area contributed by atoms with Gasteiger partial charge in [-0.3, -0.25) is 4.79 Å². The van der Waals surface area contributed by atoms with Crippen LogP contribution >= 0.6 is 15.9 Å². The molecule has 2 atom stereocenters. The van der Waals surface area contributed by atoms with E-state index in [4.69, 9.17) is 9.47 Å². The Bertz CT molecular complexity index is 520. The van der Waals surface area contributed by atoms with Crippen LogP contribution in [0.1, 0.15) is 36.0 Å². The van der Waals surface area contributed by atoms with E-state index in [-0.39, 0.29) is 12.7 Å². The van der Waals surface area contributed by atoms with Gasteiger partial charge in [0.1, 0.15) is 0 Å². The lowest BCUT2D eigenvalue weighted by Crippen LogP contribution is -2.34. The average Bonchev–Trinajstić information content (AvgIpc) is 3.00. The van der Waals surface area contributed by atoms with E-state index >= 15 is 0 Å². The molecule has 1 aromatic rings. The number of hydrogen-bond donors (Lipinski definition) is 1. The Labute approximate surface area is 133 Å². The third kappa shape index (κ3) is 3.34. The molecule has 3 rings (SSSR count). The zero-order valence-electron chi connectivity index (χ0n) is 11.9. The van der Waals surface area contributed by atoms with Crippen LogP contribution in [-0.2, 0) is 0 Å². The van der Waals surface area contributed by atoms with Gasteiger partial charge in [-0.1, -0.05) is 28.8 Å². The number of carbonyl (C=O) groups excluding carboxylic acids is 1. The van der Waals surface area contributed by atoms with E-state index in [1.165, 1.54) is 25.7 Å². The van der Waals surface area contributed by atoms with Crippen molar-refractivity contribution in [1.29, 1.82) is 0 Å². The van der Waals surface area contributed by atoms with Crippen LogP contribution in [0.3, 0.4) is 0 Å². The van der Waals surface area contributed by atoms with Gasteiger partial charge in [-0.05, 0) is 42.9 Å². The molecule has 0 spiro atoms. The lowest BCUT2D eigenvalue weighted by Gasteiger charge is -2.30. The van der Waals surface area contributed by atoms with Gasteiger partial charge in [0.05, 0.1) is 0 Å². The molecule has 0 radical (unpaired) electrons. The number of benzene rings is 1. The van der Waals surface area contributed by atoms with Gasteiger partial charge < -0.3 is 14.8 Å². The van der Waals surface area contributed by atoms with Crippen molar-refractivity contribution in [2.45, 2.75) is 25.7 Å². The molecule has 1 N–H and O–H groups in total. The highest BCUT2D eigenvalue weighted by atomic mass is 79.9. The SMILES string of the molecule is O=C(NCC1CCCCC1CBr)c1ccc2c(c1)OCO2. The smallest absolute Gasteiger partial charge is 0.251 e. The second-order valence-corrected chi connectivity index (χ2v) is 6.38. The van der Waals surface area contributed by atoms with Crippen molar-refractivity contribution in [3.05, 3.63) is 23.8 Å². The molecule has 1 aliphatic carbocycles. The molecule has 1 amide bonds. The maximum absolute atomic E-state index is 12.3. The van der Waals surface area contributed by atoms with Crippen molar-refractivity contribution in [2.24, 2.45) is 11.8 Å². The molecular weight excluding hydrogens is 334 g/mol. The molecule has 1 fully saturated rings. The molecule has 1 aromatic carbocycles. The minimum Gasteiger partial charge on any atom is -0.454 e. The van der Waals surface area contributed by atoms with Crippen LogP contribution in [0.2, 0.25) is 0 Å². The summed E-state index contributed by atoms with van der Waals surface area (Å²) < 4.78 is 10.6. The third-order valence-corrected chi connectivity index (χ3v) is 5.26. The molecule has 1 aliphatic heterocycles. The standard InChI is InChI=1S/C16H20BrNO3/c17-8-12-3-1-2-4-13(12)9-18-16(19)11-5-6-14-15(7-11)21-10-20-14/h5-7,12-13H,1-4,8-10H2,(H,18,19). The number of nitrogens with one attached hydrogen (secondary N) is 1. The lowest BCUT2D eigenvalue weighted by molar-refractivity contribution is 0.0936. The highest BCUT2D eigenvalue weighted by molar-refractivity contribution is 9.09. The summed E-state index contributed by atoms with van der Waals surface area (Å²) in [4.78, 5) is 12.3. The summed E-state index contributed by atoms with van der Waals surface area (Å²) in [6.07, 6.45) is 5.05. The fourth-order valence-electron chi connectivity index (χ4n) is 3.12. The first-order chi connectivity index (χ1) is 10.3. The van der Waals surface area contributed by atoms with Crippen molar-refractivity contribution in [3.63, 3.8) is 0 Å². The summed E-state index contributed by atoms with van der Waals surface area (Å²) in [5.74, 6) is 2.58. The average molecular weight is 354 g/mol. The quantitative estimate of drug-likeness (QED) is 0.844. The first-order valence-corrected chi connectivity index (χ1v) is 8.64. The molecule has 2 unspecified atom stereocenters. The Morgan fingerprint density at radius 3 is 2.76 bits per heavy atom. The molecule has 21 heavy (non-hydrogen) atoms. The normalized spacial score (nSPS) is 23.9. The van der Waals surface area contributed by atoms with Crippen molar-refractivity contribution in [3.8, 4) is 11.5 Å². The summed E-state index contributed by atoms with van der Waals surface area (Å²) in [5, 5.41) is 4.09. The number of hydrogen-bond acceptors (Lipinski definition) is 3. The van der Waals surface area contributed by atoms with Gasteiger partial charge in [-0.2, -0.15) is 0 Å². The minimum atomic E-state index is -0.0350. The van der Waals surface area contributed by atoms with E-state index in [2.05, 4.69) is 21.2 Å². The number of alkyl halides is 1. The highest BCUT2D eigenvalue weighted by Gasteiger charge is 2.25.